The molecule has 8 heteroatoms. The third-order valence-corrected chi connectivity index (χ3v) is 1.98. The van der Waals surface area contributed by atoms with Crippen LogP contribution in [0.5, 0.6) is 0 Å². The molecule has 0 saturated carbocycles. The van der Waals surface area contributed by atoms with Crippen molar-refractivity contribution in [2.75, 3.05) is 54.9 Å². The number of hydrogen-bond acceptors (Lipinski definition) is 2. The van der Waals surface area contributed by atoms with Gasteiger partial charge in [0.2, 0.25) is 0 Å². The van der Waals surface area contributed by atoms with Crippen LogP contribution >= 0.6 is 24.0 Å². The second kappa shape index (κ2) is 8.78. The molecule has 110 valence electrons. The highest BCUT2D eigenvalue weighted by Crippen LogP contribution is 2.15. The number of rotatable bonds is 4. The Bertz CT molecular complexity index is 244. The van der Waals surface area contributed by atoms with E-state index in [4.69, 9.17) is 0 Å². The lowest BCUT2D eigenvalue weighted by Crippen LogP contribution is -2.37. The van der Waals surface area contributed by atoms with Gasteiger partial charge in [-0.3, -0.25) is 9.89 Å². The monoisotopic (exact) mass is 382 g/mol. The van der Waals surface area contributed by atoms with Crippen molar-refractivity contribution >= 4 is 29.9 Å². The molecule has 0 aliphatic heterocycles. The van der Waals surface area contributed by atoms with Gasteiger partial charge in [0, 0.05) is 34.7 Å². The molecule has 0 rings (SSSR count). The molecule has 0 spiro atoms. The van der Waals surface area contributed by atoms with E-state index in [2.05, 4.69) is 4.99 Å². The molecule has 0 saturated heterocycles. The van der Waals surface area contributed by atoms with Crippen molar-refractivity contribution in [2.24, 2.45) is 4.99 Å². The van der Waals surface area contributed by atoms with Gasteiger partial charge in [-0.2, -0.15) is 13.2 Å². The van der Waals surface area contributed by atoms with E-state index in [1.54, 1.807) is 0 Å². The van der Waals surface area contributed by atoms with Crippen LogP contribution < -0.4 is 0 Å². The number of aliphatic imine (C=N–C) groups is 1. The summed E-state index contributed by atoms with van der Waals surface area (Å²) in [5.41, 5.74) is 0. The van der Waals surface area contributed by atoms with Gasteiger partial charge in [0.25, 0.3) is 0 Å². The SMILES string of the molecule is CN(CCN=C(N(C)C)N(C)C)CC(F)(F)F.I. The lowest BCUT2D eigenvalue weighted by atomic mass is 10.5. The summed E-state index contributed by atoms with van der Waals surface area (Å²) in [4.78, 5) is 9.11. The van der Waals surface area contributed by atoms with E-state index in [9.17, 15) is 13.2 Å². The van der Waals surface area contributed by atoms with E-state index >= 15 is 0 Å². The van der Waals surface area contributed by atoms with Crippen LogP contribution in [0.25, 0.3) is 0 Å². The first-order valence-electron chi connectivity index (χ1n) is 5.28. The molecule has 0 aromatic rings. The second-order valence-electron chi connectivity index (χ2n) is 4.32. The Hall–Kier alpha value is -0.250. The van der Waals surface area contributed by atoms with Crippen molar-refractivity contribution in [3.05, 3.63) is 0 Å². The summed E-state index contributed by atoms with van der Waals surface area (Å²) in [6, 6.07) is 0. The minimum Gasteiger partial charge on any atom is -0.349 e. The van der Waals surface area contributed by atoms with Gasteiger partial charge in [-0.05, 0) is 7.05 Å². The average molecular weight is 382 g/mol. The third kappa shape index (κ3) is 9.75. The van der Waals surface area contributed by atoms with Gasteiger partial charge in [-0.1, -0.05) is 0 Å². The van der Waals surface area contributed by atoms with Gasteiger partial charge < -0.3 is 9.80 Å². The Kier molecular flexibility index (Phi) is 9.80. The number of likely N-dealkylation sites (N-methyl/N-ethyl adjacent to an activating group) is 1. The molecule has 0 aromatic carbocycles. The quantitative estimate of drug-likeness (QED) is 0.419. The predicted octanol–water partition coefficient (Wildman–Crippen LogP) is 1.58. The fourth-order valence-corrected chi connectivity index (χ4v) is 1.39. The first kappa shape index (κ1) is 20.1. The Morgan fingerprint density at radius 1 is 1.00 bits per heavy atom. The molecule has 0 aromatic heterocycles. The maximum absolute atomic E-state index is 12.1. The third-order valence-electron chi connectivity index (χ3n) is 1.98. The minimum atomic E-state index is -4.15. The highest BCUT2D eigenvalue weighted by Gasteiger charge is 2.28. The van der Waals surface area contributed by atoms with Crippen molar-refractivity contribution < 1.29 is 13.2 Å². The molecule has 0 atom stereocenters. The lowest BCUT2D eigenvalue weighted by molar-refractivity contribution is -0.142. The Labute approximate surface area is 124 Å². The van der Waals surface area contributed by atoms with Crippen molar-refractivity contribution in [3.8, 4) is 0 Å². The highest BCUT2D eigenvalue weighted by molar-refractivity contribution is 14.0. The number of nitrogens with zero attached hydrogens (tertiary/aromatic N) is 4. The van der Waals surface area contributed by atoms with E-state index in [-0.39, 0.29) is 30.5 Å². The van der Waals surface area contributed by atoms with Gasteiger partial charge in [0.05, 0.1) is 13.1 Å². The molecule has 18 heavy (non-hydrogen) atoms. The molecule has 0 bridgehead atoms. The average Bonchev–Trinajstić information content (AvgIpc) is 2.07. The summed E-state index contributed by atoms with van der Waals surface area (Å²) in [6.07, 6.45) is -4.15. The van der Waals surface area contributed by atoms with Gasteiger partial charge in [0.15, 0.2) is 5.96 Å². The molecule has 0 radical (unpaired) electrons. The van der Waals surface area contributed by atoms with Crippen molar-refractivity contribution in [3.63, 3.8) is 0 Å². The summed E-state index contributed by atoms with van der Waals surface area (Å²) < 4.78 is 36.2. The number of halogens is 4. The van der Waals surface area contributed by atoms with Gasteiger partial charge in [0.1, 0.15) is 0 Å². The van der Waals surface area contributed by atoms with Crippen molar-refractivity contribution in [2.45, 2.75) is 6.18 Å². The molecule has 0 unspecified atom stereocenters. The van der Waals surface area contributed by atoms with Crippen LogP contribution in [0.4, 0.5) is 13.2 Å². The van der Waals surface area contributed by atoms with Gasteiger partial charge in [-0.15, -0.1) is 24.0 Å². The fourth-order valence-electron chi connectivity index (χ4n) is 1.39. The van der Waals surface area contributed by atoms with Crippen molar-refractivity contribution in [1.82, 2.24) is 14.7 Å². The van der Waals surface area contributed by atoms with E-state index in [1.807, 2.05) is 38.0 Å². The zero-order chi connectivity index (χ0) is 13.6. The van der Waals surface area contributed by atoms with Crippen LogP contribution in [-0.4, -0.2) is 81.7 Å². The van der Waals surface area contributed by atoms with Crippen LogP contribution in [-0.2, 0) is 0 Å². The largest absolute Gasteiger partial charge is 0.401 e. The predicted molar refractivity (Wildman–Crippen MR) is 78.6 cm³/mol. The molecule has 0 amide bonds. The van der Waals surface area contributed by atoms with Crippen LogP contribution in [0, 0.1) is 0 Å². The Morgan fingerprint density at radius 2 is 1.44 bits per heavy atom. The van der Waals surface area contributed by atoms with Crippen LogP contribution in [0.15, 0.2) is 4.99 Å². The van der Waals surface area contributed by atoms with Crippen LogP contribution in [0.3, 0.4) is 0 Å². The fraction of sp³-hybridized carbons (Fsp3) is 0.900. The van der Waals surface area contributed by atoms with E-state index in [1.165, 1.54) is 11.9 Å². The minimum absolute atomic E-state index is 0. The maximum atomic E-state index is 12.1. The molecular formula is C10H22F3IN4. The zero-order valence-electron chi connectivity index (χ0n) is 11.5. The van der Waals surface area contributed by atoms with E-state index in [0.717, 1.165) is 5.96 Å². The van der Waals surface area contributed by atoms with E-state index in [0.29, 0.717) is 6.54 Å². The number of hydrogen-bond donors (Lipinski definition) is 0. The topological polar surface area (TPSA) is 22.1 Å². The number of guanidine groups is 1. The molecule has 0 aliphatic carbocycles. The standard InChI is InChI=1S/C10H21F3N4.HI/c1-15(2)9(16(3)4)14-6-7-17(5)8-10(11,12)13;/h6-8H2,1-5H3;1H. The summed E-state index contributed by atoms with van der Waals surface area (Å²) in [5.74, 6) is 0.741. The normalized spacial score (nSPS) is 10.9. The van der Waals surface area contributed by atoms with Crippen LogP contribution in [0.2, 0.25) is 0 Å². The Morgan fingerprint density at radius 3 is 1.78 bits per heavy atom. The van der Waals surface area contributed by atoms with Gasteiger partial charge >= 0.3 is 6.18 Å². The molecule has 0 aliphatic rings. The molecule has 4 nitrogen and oxygen atoms in total. The molecule has 0 N–H and O–H groups in total. The number of alkyl halides is 3. The summed E-state index contributed by atoms with van der Waals surface area (Å²) in [6.45, 7) is -0.273. The Balaban J connectivity index is 0. The first-order chi connectivity index (χ1) is 7.63. The summed E-state index contributed by atoms with van der Waals surface area (Å²) in [7, 11) is 8.82. The smallest absolute Gasteiger partial charge is 0.349 e. The van der Waals surface area contributed by atoms with Crippen molar-refractivity contribution in [1.29, 1.82) is 0 Å². The summed E-state index contributed by atoms with van der Waals surface area (Å²) >= 11 is 0. The molecular weight excluding hydrogens is 360 g/mol. The summed E-state index contributed by atoms with van der Waals surface area (Å²) in [5, 5.41) is 0. The second-order valence-corrected chi connectivity index (χ2v) is 4.32. The molecule has 0 heterocycles. The zero-order valence-corrected chi connectivity index (χ0v) is 13.8. The van der Waals surface area contributed by atoms with E-state index < -0.39 is 12.7 Å². The van der Waals surface area contributed by atoms with Crippen LogP contribution in [0.1, 0.15) is 0 Å². The highest BCUT2D eigenvalue weighted by atomic mass is 127. The molecule has 0 fully saturated rings. The maximum Gasteiger partial charge on any atom is 0.401 e. The first-order valence-corrected chi connectivity index (χ1v) is 5.28. The van der Waals surface area contributed by atoms with Gasteiger partial charge in [-0.25, -0.2) is 0 Å². The lowest BCUT2D eigenvalue weighted by Gasteiger charge is -2.23.